The van der Waals surface area contributed by atoms with Crippen LogP contribution >= 0.6 is 0 Å². The van der Waals surface area contributed by atoms with Crippen LogP contribution in [0, 0.1) is 13.8 Å². The van der Waals surface area contributed by atoms with E-state index in [4.69, 9.17) is 0 Å². The third kappa shape index (κ3) is 6.62. The van der Waals surface area contributed by atoms with Crippen LogP contribution < -0.4 is 9.80 Å². The Balaban J connectivity index is 1.41. The molecule has 53 heavy (non-hydrogen) atoms. The minimum Gasteiger partial charge on any atom is -0.310 e. The third-order valence-corrected chi connectivity index (χ3v) is 13.0. The normalized spacial score (nSPS) is 20.1. The molecular weight excluding hydrogens is 641 g/mol. The molecule has 5 aromatic rings. The lowest BCUT2D eigenvalue weighted by Crippen LogP contribution is -2.25. The summed E-state index contributed by atoms with van der Waals surface area (Å²) in [6.45, 7) is 28.2. The average molecular weight is 703 g/mol. The smallest absolute Gasteiger partial charge is 0.0523 e. The summed E-state index contributed by atoms with van der Waals surface area (Å²) in [6, 6.07) is 38.2. The van der Waals surface area contributed by atoms with Crippen molar-refractivity contribution < 1.29 is 0 Å². The Morgan fingerprint density at radius 3 is 1.26 bits per heavy atom. The summed E-state index contributed by atoms with van der Waals surface area (Å²) >= 11 is 0. The van der Waals surface area contributed by atoms with E-state index in [9.17, 15) is 0 Å². The van der Waals surface area contributed by atoms with Crippen LogP contribution in [0.1, 0.15) is 133 Å². The van der Waals surface area contributed by atoms with E-state index in [-0.39, 0.29) is 21.7 Å². The molecule has 5 aromatic carbocycles. The molecule has 0 saturated heterocycles. The highest BCUT2D eigenvalue weighted by molar-refractivity contribution is 5.85. The SMILES string of the molecule is CCC1(C)CCc2cc(C(C)(C)C)cc(C)c2N(c2ccc(N3c4ccc(cc4)C(C)(CC)Cc4cc(C(C)(C)C)cc(C)c43)cc2)c2ccc1cc2. The van der Waals surface area contributed by atoms with Gasteiger partial charge >= 0.3 is 0 Å². The summed E-state index contributed by atoms with van der Waals surface area (Å²) in [5.41, 5.74) is 19.0. The molecule has 2 nitrogen and oxygen atoms in total. The molecule has 2 atom stereocenters. The second-order valence-electron chi connectivity index (χ2n) is 18.9. The minimum absolute atomic E-state index is 0.0569. The molecule has 0 aliphatic carbocycles. The largest absolute Gasteiger partial charge is 0.310 e. The fourth-order valence-corrected chi connectivity index (χ4v) is 8.91. The minimum atomic E-state index is 0.0569. The molecule has 0 amide bonds. The number of anilines is 6. The molecule has 0 N–H and O–H groups in total. The maximum absolute atomic E-state index is 2.52. The number of hydrogen-bond donors (Lipinski definition) is 0. The van der Waals surface area contributed by atoms with Gasteiger partial charge in [0.15, 0.2) is 0 Å². The van der Waals surface area contributed by atoms with Crippen molar-refractivity contribution in [3.05, 3.63) is 142 Å². The topological polar surface area (TPSA) is 6.48 Å². The number of benzene rings is 5. The highest BCUT2D eigenvalue weighted by Crippen LogP contribution is 2.49. The van der Waals surface area contributed by atoms with Crippen molar-refractivity contribution >= 4 is 34.1 Å². The third-order valence-electron chi connectivity index (χ3n) is 13.0. The van der Waals surface area contributed by atoms with Crippen LogP contribution in [0.4, 0.5) is 34.1 Å². The zero-order chi connectivity index (χ0) is 38.1. The fourth-order valence-electron chi connectivity index (χ4n) is 8.91. The lowest BCUT2D eigenvalue weighted by atomic mass is 9.74. The van der Waals surface area contributed by atoms with Crippen LogP contribution in [0.15, 0.2) is 97.1 Å². The van der Waals surface area contributed by atoms with Gasteiger partial charge in [-0.3, -0.25) is 0 Å². The van der Waals surface area contributed by atoms with E-state index in [1.165, 1.54) is 78.6 Å². The van der Waals surface area contributed by atoms with Gasteiger partial charge in [-0.1, -0.05) is 118 Å². The maximum atomic E-state index is 2.52. The van der Waals surface area contributed by atoms with Gasteiger partial charge in [-0.15, -0.1) is 0 Å². The van der Waals surface area contributed by atoms with E-state index >= 15 is 0 Å². The summed E-state index contributed by atoms with van der Waals surface area (Å²) in [7, 11) is 0. The molecule has 0 saturated carbocycles. The zero-order valence-corrected chi connectivity index (χ0v) is 34.7. The molecule has 4 bridgehead atoms. The highest BCUT2D eigenvalue weighted by Gasteiger charge is 2.33. The molecule has 276 valence electrons. The Bertz CT molecular complexity index is 2120. The zero-order valence-electron chi connectivity index (χ0n) is 34.7. The van der Waals surface area contributed by atoms with Crippen molar-refractivity contribution in [2.45, 2.75) is 137 Å². The molecule has 9 rings (SSSR count). The van der Waals surface area contributed by atoms with Crippen molar-refractivity contribution in [3.63, 3.8) is 0 Å². The predicted molar refractivity (Wildman–Crippen MR) is 230 cm³/mol. The Labute approximate surface area is 321 Å². The molecule has 4 aliphatic heterocycles. The van der Waals surface area contributed by atoms with Gasteiger partial charge in [0.1, 0.15) is 0 Å². The van der Waals surface area contributed by atoms with Gasteiger partial charge in [0.25, 0.3) is 0 Å². The highest BCUT2D eigenvalue weighted by atomic mass is 15.2. The monoisotopic (exact) mass is 702 g/mol. The molecule has 0 radical (unpaired) electrons. The molecule has 2 heteroatoms. The number of fused-ring (bicyclic) bond motifs is 7. The number of rotatable bonds is 4. The Hall–Kier alpha value is -4.30. The van der Waals surface area contributed by atoms with E-state index in [1.807, 2.05) is 0 Å². The summed E-state index contributed by atoms with van der Waals surface area (Å²) in [4.78, 5) is 5.04. The predicted octanol–water partition coefficient (Wildman–Crippen LogP) is 14.7. The number of nitrogens with zero attached hydrogens (tertiary/aromatic N) is 2. The molecular formula is C51H62N2. The Morgan fingerprint density at radius 1 is 0.509 bits per heavy atom. The Morgan fingerprint density at radius 2 is 0.868 bits per heavy atom. The first-order valence-corrected chi connectivity index (χ1v) is 20.2. The summed E-state index contributed by atoms with van der Waals surface area (Å²) in [5, 5.41) is 0. The summed E-state index contributed by atoms with van der Waals surface area (Å²) in [6.07, 6.45) is 5.39. The molecule has 0 aromatic heterocycles. The summed E-state index contributed by atoms with van der Waals surface area (Å²) in [5.74, 6) is 0. The average Bonchev–Trinajstić information content (AvgIpc) is 3.20. The van der Waals surface area contributed by atoms with Crippen molar-refractivity contribution in [1.82, 2.24) is 0 Å². The van der Waals surface area contributed by atoms with Gasteiger partial charge in [-0.25, -0.2) is 0 Å². The lowest BCUT2D eigenvalue weighted by Gasteiger charge is -2.36. The second kappa shape index (κ2) is 13.2. The van der Waals surface area contributed by atoms with Crippen molar-refractivity contribution in [3.8, 4) is 0 Å². The number of hydrogen-bond acceptors (Lipinski definition) is 2. The molecule has 4 heterocycles. The van der Waals surface area contributed by atoms with E-state index in [1.54, 1.807) is 0 Å². The van der Waals surface area contributed by atoms with Crippen LogP contribution in [0.2, 0.25) is 0 Å². The van der Waals surface area contributed by atoms with E-state index in [0.29, 0.717) is 0 Å². The first kappa shape index (κ1) is 37.0. The number of aryl methyl sites for hydroxylation is 3. The van der Waals surface area contributed by atoms with Crippen LogP contribution in [0.25, 0.3) is 0 Å². The Kier molecular flexibility index (Phi) is 9.24. The second-order valence-corrected chi connectivity index (χ2v) is 18.9. The standard InChI is InChI=1S/C51H62N2/c1-13-50(11)28-27-36-31-40(48(5,6)7)29-34(3)46(36)52(42-19-15-38(50)16-20-42)44-23-25-45(26-24-44)53-43-21-17-39(18-22-43)51(12,14-2)33-37-32-41(49(8,9)10)30-35(4)47(37)53/h15-26,29-32H,13-14,27-28,33H2,1-12H3. The maximum Gasteiger partial charge on any atom is 0.0523 e. The van der Waals surface area contributed by atoms with Gasteiger partial charge in [-0.2, -0.15) is 0 Å². The first-order chi connectivity index (χ1) is 25.0. The van der Waals surface area contributed by atoms with Crippen LogP contribution in [0.3, 0.4) is 0 Å². The van der Waals surface area contributed by atoms with E-state index in [2.05, 4.69) is 190 Å². The molecule has 0 fully saturated rings. The first-order valence-electron chi connectivity index (χ1n) is 20.2. The fraction of sp³-hybridized carbons (Fsp3) is 0.412. The van der Waals surface area contributed by atoms with Crippen molar-refractivity contribution in [2.24, 2.45) is 0 Å². The van der Waals surface area contributed by atoms with Crippen molar-refractivity contribution in [1.29, 1.82) is 0 Å². The quantitative estimate of drug-likeness (QED) is 0.184. The summed E-state index contributed by atoms with van der Waals surface area (Å²) < 4.78 is 0. The van der Waals surface area contributed by atoms with Gasteiger partial charge in [-0.05, 0) is 161 Å². The lowest BCUT2D eigenvalue weighted by molar-refractivity contribution is 0.418. The van der Waals surface area contributed by atoms with E-state index < -0.39 is 0 Å². The van der Waals surface area contributed by atoms with Gasteiger partial charge in [0.2, 0.25) is 0 Å². The molecule has 2 unspecified atom stereocenters. The van der Waals surface area contributed by atoms with Gasteiger partial charge in [0.05, 0.1) is 11.4 Å². The van der Waals surface area contributed by atoms with Gasteiger partial charge < -0.3 is 9.80 Å². The van der Waals surface area contributed by atoms with E-state index in [0.717, 1.165) is 32.1 Å². The molecule has 4 aliphatic rings. The van der Waals surface area contributed by atoms with Crippen LogP contribution in [-0.4, -0.2) is 0 Å². The van der Waals surface area contributed by atoms with Crippen LogP contribution in [0.5, 0.6) is 0 Å². The molecule has 0 spiro atoms. The van der Waals surface area contributed by atoms with Crippen LogP contribution in [-0.2, 0) is 34.5 Å². The van der Waals surface area contributed by atoms with Gasteiger partial charge in [0, 0.05) is 22.7 Å². The van der Waals surface area contributed by atoms with Crippen molar-refractivity contribution in [2.75, 3.05) is 9.80 Å².